The summed E-state index contributed by atoms with van der Waals surface area (Å²) in [6, 6.07) is 49.6. The third-order valence-corrected chi connectivity index (χ3v) is 9.97. The van der Waals surface area contributed by atoms with Crippen LogP contribution in [-0.4, -0.2) is 37.3 Å². The summed E-state index contributed by atoms with van der Waals surface area (Å²) in [6.45, 7) is -2.10. The number of nitrogens with zero attached hydrogens (tertiary/aromatic N) is 3. The Hall–Kier alpha value is -6.01. The van der Waals surface area contributed by atoms with Crippen LogP contribution < -0.4 is 16.2 Å². The summed E-state index contributed by atoms with van der Waals surface area (Å²) in [5.41, 5.74) is 9.49. The predicted octanol–water partition coefficient (Wildman–Crippen LogP) is 3.68. The molecule has 0 saturated carbocycles. The second-order valence-corrected chi connectivity index (χ2v) is 12.0. The standard InChI is InChI=1S/C39H24BN3O2/c44-38-36-34(26-15-7-2-8-16-26)31-23-21-29-33(25-13-5-1-6-14-25)30-22-24-32-35(27-17-9-3-10-18-27)37(39(38)45)43(36)40(41(29)31,42(30)32)28-19-11-4-12-20-28/h1-24H. The van der Waals surface area contributed by atoms with Crippen molar-refractivity contribution in [2.24, 2.45) is 0 Å². The van der Waals surface area contributed by atoms with Gasteiger partial charge in [-0.25, -0.2) is 0 Å². The quantitative estimate of drug-likeness (QED) is 0.237. The van der Waals surface area contributed by atoms with Crippen LogP contribution in [0.3, 0.4) is 0 Å². The molecule has 0 N–H and O–H groups in total. The van der Waals surface area contributed by atoms with Crippen LogP contribution in [0.1, 0.15) is 28.1 Å². The van der Waals surface area contributed by atoms with Crippen LogP contribution in [0.2, 0.25) is 0 Å². The van der Waals surface area contributed by atoms with Crippen LogP contribution in [0.5, 0.6) is 0 Å². The average molecular weight is 577 g/mol. The Morgan fingerprint density at radius 3 is 1.49 bits per heavy atom. The lowest BCUT2D eigenvalue weighted by atomic mass is 9.48. The summed E-state index contributed by atoms with van der Waals surface area (Å²) in [5, 5.41) is 1.98. The van der Waals surface area contributed by atoms with Crippen molar-refractivity contribution in [3.8, 4) is 0 Å². The lowest BCUT2D eigenvalue weighted by molar-refractivity contribution is -0.334. The molecule has 0 bridgehead atoms. The van der Waals surface area contributed by atoms with Crippen molar-refractivity contribution in [1.29, 1.82) is 0 Å². The molecule has 4 aliphatic rings. The zero-order valence-corrected chi connectivity index (χ0v) is 24.1. The highest BCUT2D eigenvalue weighted by atomic mass is 16.2. The number of allylic oxidation sites excluding steroid dienone is 1. The molecule has 6 aromatic rings. The van der Waals surface area contributed by atoms with E-state index in [9.17, 15) is 9.59 Å². The van der Waals surface area contributed by atoms with Gasteiger partial charge in [0.25, 0.3) is 11.6 Å². The monoisotopic (exact) mass is 577 g/mol. The summed E-state index contributed by atoms with van der Waals surface area (Å²) in [5.74, 6) is -0.929. The SMILES string of the molecule is O=C1C(=O)C2=[N+]3C1=C(c1ccccc1)c1ccc4n1[B-]3(c1ccccc1)n1c(ccc1=C4c1ccccc1)=C2c1ccccc1. The first-order valence-electron chi connectivity index (χ1n) is 15.3. The maximum absolute atomic E-state index is 14.5. The van der Waals surface area contributed by atoms with E-state index in [0.29, 0.717) is 11.4 Å². The van der Waals surface area contributed by atoms with Gasteiger partial charge in [-0.05, 0) is 41.0 Å². The first kappa shape index (κ1) is 24.4. The topological polar surface area (TPSA) is 47.0 Å². The molecular weight excluding hydrogens is 553 g/mol. The number of aromatic nitrogens is 2. The first-order chi connectivity index (χ1) is 22.2. The highest BCUT2D eigenvalue weighted by Crippen LogP contribution is 2.44. The molecule has 4 aliphatic heterocycles. The minimum atomic E-state index is -2.10. The minimum absolute atomic E-state index is 0.448. The van der Waals surface area contributed by atoms with Crippen molar-refractivity contribution < 1.29 is 14.1 Å². The van der Waals surface area contributed by atoms with Gasteiger partial charge in [0.15, 0.2) is 0 Å². The van der Waals surface area contributed by atoms with Crippen LogP contribution >= 0.6 is 0 Å². The number of rotatable bonds is 4. The number of carbonyl (C=O) groups excluding carboxylic acids is 2. The minimum Gasteiger partial charge on any atom is -0.429 e. The van der Waals surface area contributed by atoms with E-state index in [0.717, 1.165) is 61.0 Å². The Bertz CT molecular complexity index is 2490. The fourth-order valence-corrected chi connectivity index (χ4v) is 8.42. The van der Waals surface area contributed by atoms with Crippen molar-refractivity contribution in [3.05, 3.63) is 190 Å². The molecule has 6 heteroatoms. The first-order valence-corrected chi connectivity index (χ1v) is 15.3. The molecule has 45 heavy (non-hydrogen) atoms. The van der Waals surface area contributed by atoms with E-state index in [1.165, 1.54) is 0 Å². The third-order valence-electron chi connectivity index (χ3n) is 9.97. The van der Waals surface area contributed by atoms with Gasteiger partial charge in [0.1, 0.15) is 0 Å². The zero-order chi connectivity index (χ0) is 29.9. The molecule has 1 unspecified atom stereocenters. The van der Waals surface area contributed by atoms with Gasteiger partial charge in [-0.3, -0.25) is 9.59 Å². The predicted molar refractivity (Wildman–Crippen MR) is 175 cm³/mol. The average Bonchev–Trinajstić information content (AvgIpc) is 3.81. The molecule has 10 rings (SSSR count). The fourth-order valence-electron chi connectivity index (χ4n) is 8.42. The zero-order valence-electron chi connectivity index (χ0n) is 24.1. The van der Waals surface area contributed by atoms with Gasteiger partial charge >= 0.3 is 6.55 Å². The molecule has 1 atom stereocenters. The molecule has 6 heterocycles. The van der Waals surface area contributed by atoms with Crippen LogP contribution in [0.4, 0.5) is 0 Å². The molecule has 0 amide bonds. The summed E-state index contributed by atoms with van der Waals surface area (Å²) in [4.78, 5) is 29.0. The summed E-state index contributed by atoms with van der Waals surface area (Å²) in [7, 11) is 0. The Morgan fingerprint density at radius 1 is 0.444 bits per heavy atom. The van der Waals surface area contributed by atoms with Crippen LogP contribution in [-0.2, 0) is 9.59 Å². The molecule has 0 radical (unpaired) electrons. The Labute approximate surface area is 258 Å². The fraction of sp³-hybridized carbons (Fsp3) is 0. The number of ketones is 2. The van der Waals surface area contributed by atoms with Gasteiger partial charge < -0.3 is 13.4 Å². The van der Waals surface area contributed by atoms with E-state index in [4.69, 9.17) is 0 Å². The van der Waals surface area contributed by atoms with Gasteiger partial charge in [-0.1, -0.05) is 127 Å². The number of benzene rings is 4. The highest BCUT2D eigenvalue weighted by molar-refractivity contribution is 6.89. The van der Waals surface area contributed by atoms with Crippen molar-refractivity contribution >= 4 is 46.0 Å². The molecule has 0 spiro atoms. The van der Waals surface area contributed by atoms with Crippen molar-refractivity contribution in [1.82, 2.24) is 8.96 Å². The van der Waals surface area contributed by atoms with Gasteiger partial charge in [0.2, 0.25) is 11.4 Å². The van der Waals surface area contributed by atoms with Crippen LogP contribution in [0.25, 0.3) is 16.7 Å². The van der Waals surface area contributed by atoms with E-state index < -0.39 is 18.1 Å². The molecule has 2 aromatic heterocycles. The van der Waals surface area contributed by atoms with Gasteiger partial charge in [-0.15, -0.1) is 0 Å². The smallest absolute Gasteiger partial charge is 0.429 e. The van der Waals surface area contributed by atoms with Crippen LogP contribution in [0.15, 0.2) is 151 Å². The van der Waals surface area contributed by atoms with Gasteiger partial charge in [-0.2, -0.15) is 0 Å². The van der Waals surface area contributed by atoms with E-state index in [1.807, 2.05) is 84.9 Å². The molecule has 4 aromatic carbocycles. The van der Waals surface area contributed by atoms with Crippen molar-refractivity contribution in [3.63, 3.8) is 0 Å². The van der Waals surface area contributed by atoms with E-state index in [1.54, 1.807) is 0 Å². The Morgan fingerprint density at radius 2 is 0.911 bits per heavy atom. The molecular formula is C39H24BN3O2. The summed E-state index contributed by atoms with van der Waals surface area (Å²) in [6.07, 6.45) is 0. The largest absolute Gasteiger partial charge is 0.515 e. The molecule has 0 fully saturated rings. The van der Waals surface area contributed by atoms with Crippen molar-refractivity contribution in [2.75, 3.05) is 0 Å². The molecule has 0 saturated heterocycles. The lowest BCUT2D eigenvalue weighted by Crippen LogP contribution is -2.78. The molecule has 210 valence electrons. The lowest BCUT2D eigenvalue weighted by Gasteiger charge is -2.49. The van der Waals surface area contributed by atoms with Gasteiger partial charge in [0, 0.05) is 27.7 Å². The number of carbonyl (C=O) groups is 2. The number of Topliss-reactive ketones (excluding diaryl/α,β-unsaturated/α-hetero) is 2. The summed E-state index contributed by atoms with van der Waals surface area (Å²) < 4.78 is 6.97. The normalized spacial score (nSPS) is 19.0. The number of hydrogen-bond donors (Lipinski definition) is 0. The van der Waals surface area contributed by atoms with E-state index in [-0.39, 0.29) is 0 Å². The Balaban J connectivity index is 1.53. The maximum atomic E-state index is 14.5. The van der Waals surface area contributed by atoms with Crippen LogP contribution in [0, 0.1) is 0 Å². The third kappa shape index (κ3) is 2.83. The highest BCUT2D eigenvalue weighted by Gasteiger charge is 2.64. The maximum Gasteiger partial charge on any atom is 0.515 e. The van der Waals surface area contributed by atoms with E-state index >= 15 is 0 Å². The molecule has 5 nitrogen and oxygen atoms in total. The van der Waals surface area contributed by atoms with E-state index in [2.05, 4.69) is 74.1 Å². The van der Waals surface area contributed by atoms with Crippen molar-refractivity contribution in [2.45, 2.75) is 0 Å². The Kier molecular flexibility index (Phi) is 4.64. The summed E-state index contributed by atoms with van der Waals surface area (Å²) >= 11 is 0. The number of hydrogen-bond acceptors (Lipinski definition) is 2. The van der Waals surface area contributed by atoms with Gasteiger partial charge in [0.05, 0.1) is 11.1 Å². The second-order valence-electron chi connectivity index (χ2n) is 12.0. The second kappa shape index (κ2) is 8.55. The molecule has 0 aliphatic carbocycles.